The molecule has 5 heteroatoms. The van der Waals surface area contributed by atoms with Crippen molar-refractivity contribution in [2.24, 2.45) is 5.73 Å². The second-order valence-corrected chi connectivity index (χ2v) is 6.39. The Morgan fingerprint density at radius 2 is 1.77 bits per heavy atom. The molecule has 0 atom stereocenters. The van der Waals surface area contributed by atoms with E-state index in [1.165, 1.54) is 7.05 Å². The fraction of sp³-hybridized carbons (Fsp3) is 0.238. The van der Waals surface area contributed by atoms with E-state index < -0.39 is 0 Å². The topological polar surface area (TPSA) is 65.2 Å². The molecule has 26 heavy (non-hydrogen) atoms. The molecular weight excluding hydrogens is 344 g/mol. The molecule has 0 aliphatic rings. The van der Waals surface area contributed by atoms with Crippen LogP contribution in [0.3, 0.4) is 0 Å². The smallest absolute Gasteiger partial charge is 0.306 e. The standard InChI is InChI=1S/C20H19NO2S.CH5N/c1-2-23-19(22)12-13-24-20-17(15-8-4-3-5-9-15)14-16-10-6-7-11-18(16)21-20;1-2/h3-11,14H,2,12-13H2,1H3;2H2,1H3. The van der Waals surface area contributed by atoms with Crippen molar-refractivity contribution < 1.29 is 9.53 Å². The Kier molecular flexibility index (Phi) is 8.12. The number of esters is 1. The number of fused-ring (bicyclic) bond motifs is 1. The lowest BCUT2D eigenvalue weighted by molar-refractivity contribution is -0.142. The van der Waals surface area contributed by atoms with E-state index >= 15 is 0 Å². The van der Waals surface area contributed by atoms with Gasteiger partial charge in [-0.25, -0.2) is 4.98 Å². The van der Waals surface area contributed by atoms with Crippen LogP contribution in [0.1, 0.15) is 13.3 Å². The molecule has 3 aromatic rings. The van der Waals surface area contributed by atoms with E-state index in [4.69, 9.17) is 9.72 Å². The van der Waals surface area contributed by atoms with Gasteiger partial charge in [-0.2, -0.15) is 0 Å². The average Bonchev–Trinajstić information content (AvgIpc) is 2.70. The minimum absolute atomic E-state index is 0.160. The van der Waals surface area contributed by atoms with Crippen LogP contribution in [0.2, 0.25) is 0 Å². The highest BCUT2D eigenvalue weighted by atomic mass is 32.2. The SMILES string of the molecule is CCOC(=O)CCSc1nc2ccccc2cc1-c1ccccc1.CN. The molecule has 1 heterocycles. The summed E-state index contributed by atoms with van der Waals surface area (Å²) in [5.74, 6) is 0.497. The quantitative estimate of drug-likeness (QED) is 0.512. The predicted octanol–water partition coefficient (Wildman–Crippen LogP) is 4.52. The normalized spacial score (nSPS) is 10.1. The summed E-state index contributed by atoms with van der Waals surface area (Å²) in [6.45, 7) is 2.25. The number of rotatable bonds is 6. The van der Waals surface area contributed by atoms with Gasteiger partial charge in [-0.3, -0.25) is 4.79 Å². The Balaban J connectivity index is 0.00000117. The molecule has 2 aromatic carbocycles. The van der Waals surface area contributed by atoms with Crippen LogP contribution >= 0.6 is 11.8 Å². The van der Waals surface area contributed by atoms with Gasteiger partial charge in [-0.15, -0.1) is 11.8 Å². The Hall–Kier alpha value is -2.37. The number of nitrogens with zero attached hydrogens (tertiary/aromatic N) is 1. The van der Waals surface area contributed by atoms with Gasteiger partial charge in [-0.05, 0) is 31.7 Å². The summed E-state index contributed by atoms with van der Waals surface area (Å²) in [6.07, 6.45) is 0.390. The van der Waals surface area contributed by atoms with Crippen molar-refractivity contribution in [3.63, 3.8) is 0 Å². The number of hydrogen-bond acceptors (Lipinski definition) is 5. The maximum atomic E-state index is 11.5. The number of hydrogen-bond donors (Lipinski definition) is 1. The van der Waals surface area contributed by atoms with Gasteiger partial charge in [-0.1, -0.05) is 48.5 Å². The lowest BCUT2D eigenvalue weighted by Crippen LogP contribution is -2.04. The minimum atomic E-state index is -0.160. The maximum Gasteiger partial charge on any atom is 0.306 e. The van der Waals surface area contributed by atoms with Crippen molar-refractivity contribution in [3.8, 4) is 11.1 Å². The zero-order valence-corrected chi connectivity index (χ0v) is 16.0. The highest BCUT2D eigenvalue weighted by Gasteiger charge is 2.11. The number of benzene rings is 2. The largest absolute Gasteiger partial charge is 0.466 e. The molecule has 0 unspecified atom stereocenters. The molecule has 0 aliphatic heterocycles. The van der Waals surface area contributed by atoms with Crippen molar-refractivity contribution >= 4 is 28.6 Å². The zero-order chi connectivity index (χ0) is 18.8. The first kappa shape index (κ1) is 19.9. The Bertz CT molecular complexity index is 838. The molecule has 0 saturated heterocycles. The molecule has 0 fully saturated rings. The Labute approximate surface area is 158 Å². The van der Waals surface area contributed by atoms with E-state index in [0.29, 0.717) is 18.8 Å². The van der Waals surface area contributed by atoms with Crippen LogP contribution in [0.4, 0.5) is 0 Å². The van der Waals surface area contributed by atoms with E-state index in [1.807, 2.05) is 43.3 Å². The molecule has 2 N–H and O–H groups in total. The summed E-state index contributed by atoms with van der Waals surface area (Å²) >= 11 is 1.60. The summed E-state index contributed by atoms with van der Waals surface area (Å²) in [6, 6.07) is 20.5. The Morgan fingerprint density at radius 1 is 1.08 bits per heavy atom. The number of para-hydroxylation sites is 1. The lowest BCUT2D eigenvalue weighted by Gasteiger charge is -2.10. The number of pyridine rings is 1. The second kappa shape index (κ2) is 10.6. The first-order chi connectivity index (χ1) is 12.8. The molecule has 0 saturated carbocycles. The third kappa shape index (κ3) is 5.31. The first-order valence-corrected chi connectivity index (χ1v) is 9.58. The average molecular weight is 369 g/mol. The van der Waals surface area contributed by atoms with Crippen LogP contribution < -0.4 is 5.73 Å². The van der Waals surface area contributed by atoms with Gasteiger partial charge >= 0.3 is 5.97 Å². The maximum absolute atomic E-state index is 11.5. The van der Waals surface area contributed by atoms with Gasteiger partial charge < -0.3 is 10.5 Å². The van der Waals surface area contributed by atoms with Crippen molar-refractivity contribution in [2.45, 2.75) is 18.4 Å². The molecule has 0 amide bonds. The van der Waals surface area contributed by atoms with E-state index in [9.17, 15) is 4.79 Å². The number of carbonyl (C=O) groups excluding carboxylic acids is 1. The van der Waals surface area contributed by atoms with Crippen LogP contribution in [-0.2, 0) is 9.53 Å². The third-order valence-electron chi connectivity index (χ3n) is 3.62. The van der Waals surface area contributed by atoms with Gasteiger partial charge in [0.15, 0.2) is 0 Å². The summed E-state index contributed by atoms with van der Waals surface area (Å²) in [5, 5.41) is 2.07. The van der Waals surface area contributed by atoms with Crippen LogP contribution in [0, 0.1) is 0 Å². The molecule has 4 nitrogen and oxygen atoms in total. The molecular formula is C21H24N2O2S. The molecule has 3 rings (SSSR count). The molecule has 0 bridgehead atoms. The van der Waals surface area contributed by atoms with E-state index in [0.717, 1.165) is 27.1 Å². The number of ether oxygens (including phenoxy) is 1. The van der Waals surface area contributed by atoms with Gasteiger partial charge in [0.2, 0.25) is 0 Å². The summed E-state index contributed by atoms with van der Waals surface area (Å²) in [4.78, 5) is 16.3. The van der Waals surface area contributed by atoms with Crippen LogP contribution in [-0.4, -0.2) is 30.4 Å². The molecule has 1 aromatic heterocycles. The predicted molar refractivity (Wildman–Crippen MR) is 109 cm³/mol. The summed E-state index contributed by atoms with van der Waals surface area (Å²) in [7, 11) is 1.50. The van der Waals surface area contributed by atoms with Gasteiger partial charge in [0.25, 0.3) is 0 Å². The third-order valence-corrected chi connectivity index (χ3v) is 4.62. The van der Waals surface area contributed by atoms with Crippen molar-refractivity contribution in [1.82, 2.24) is 4.98 Å². The highest BCUT2D eigenvalue weighted by molar-refractivity contribution is 7.99. The number of aromatic nitrogens is 1. The first-order valence-electron chi connectivity index (χ1n) is 8.59. The summed E-state index contributed by atoms with van der Waals surface area (Å²) < 4.78 is 4.99. The Morgan fingerprint density at radius 3 is 2.50 bits per heavy atom. The highest BCUT2D eigenvalue weighted by Crippen LogP contribution is 2.33. The monoisotopic (exact) mass is 368 g/mol. The van der Waals surface area contributed by atoms with Crippen LogP contribution in [0.25, 0.3) is 22.0 Å². The molecule has 136 valence electrons. The molecule has 0 aliphatic carbocycles. The lowest BCUT2D eigenvalue weighted by atomic mass is 10.1. The van der Waals surface area contributed by atoms with Gasteiger partial charge in [0.1, 0.15) is 5.03 Å². The van der Waals surface area contributed by atoms with Crippen molar-refractivity contribution in [3.05, 3.63) is 60.7 Å². The minimum Gasteiger partial charge on any atom is -0.466 e. The molecule has 0 radical (unpaired) electrons. The van der Waals surface area contributed by atoms with Crippen LogP contribution in [0.5, 0.6) is 0 Å². The van der Waals surface area contributed by atoms with Gasteiger partial charge in [0, 0.05) is 16.7 Å². The van der Waals surface area contributed by atoms with E-state index in [1.54, 1.807) is 11.8 Å². The number of thioether (sulfide) groups is 1. The molecule has 0 spiro atoms. The fourth-order valence-electron chi connectivity index (χ4n) is 2.50. The second-order valence-electron chi connectivity index (χ2n) is 5.30. The summed E-state index contributed by atoms with van der Waals surface area (Å²) in [5.41, 5.74) is 7.70. The van der Waals surface area contributed by atoms with Crippen molar-refractivity contribution in [2.75, 3.05) is 19.4 Å². The fourth-order valence-corrected chi connectivity index (χ4v) is 3.45. The zero-order valence-electron chi connectivity index (χ0n) is 15.1. The number of nitrogens with two attached hydrogens (primary N) is 1. The van der Waals surface area contributed by atoms with Crippen molar-refractivity contribution in [1.29, 1.82) is 0 Å². The van der Waals surface area contributed by atoms with Crippen LogP contribution in [0.15, 0.2) is 65.7 Å². The van der Waals surface area contributed by atoms with Gasteiger partial charge in [0.05, 0.1) is 18.5 Å². The number of carbonyl (C=O) groups is 1. The van der Waals surface area contributed by atoms with E-state index in [2.05, 4.69) is 30.0 Å². The van der Waals surface area contributed by atoms with E-state index in [-0.39, 0.29) is 5.97 Å².